The topological polar surface area (TPSA) is 155 Å². The summed E-state index contributed by atoms with van der Waals surface area (Å²) in [5.41, 5.74) is 11.8. The number of hydrogen-bond donors (Lipinski definition) is 1. The number of likely N-dealkylation sites (tertiary alicyclic amines) is 2. The van der Waals surface area contributed by atoms with Crippen LogP contribution in [0.2, 0.25) is 0 Å². The van der Waals surface area contributed by atoms with Gasteiger partial charge < -0.3 is 39.9 Å². The molecular formula is C50H67N11O5. The van der Waals surface area contributed by atoms with Gasteiger partial charge in [0.1, 0.15) is 0 Å². The number of ketones is 1. The van der Waals surface area contributed by atoms with Crippen molar-refractivity contribution in [2.45, 2.75) is 51.6 Å². The van der Waals surface area contributed by atoms with E-state index < -0.39 is 5.97 Å². The van der Waals surface area contributed by atoms with E-state index in [0.29, 0.717) is 24.2 Å². The van der Waals surface area contributed by atoms with Crippen LogP contribution < -0.4 is 25.3 Å². The van der Waals surface area contributed by atoms with E-state index in [-0.39, 0.29) is 24.4 Å². The lowest BCUT2D eigenvalue weighted by molar-refractivity contribution is 0.0600. The zero-order valence-electron chi connectivity index (χ0n) is 39.0. The number of likely N-dealkylation sites (N-methyl/N-ethyl adjacent to an activating group) is 2. The number of carbonyl (C=O) groups is 4. The molecule has 16 nitrogen and oxygen atoms in total. The predicted molar refractivity (Wildman–Crippen MR) is 260 cm³/mol. The van der Waals surface area contributed by atoms with Crippen molar-refractivity contribution in [2.24, 2.45) is 5.73 Å². The Kier molecular flexibility index (Phi) is 17.0. The third-order valence-corrected chi connectivity index (χ3v) is 13.0. The Morgan fingerprint density at radius 1 is 0.561 bits per heavy atom. The maximum absolute atomic E-state index is 13.6. The maximum Gasteiger partial charge on any atom is 0.339 e. The lowest BCUT2D eigenvalue weighted by Crippen LogP contribution is -2.46. The molecule has 4 aliphatic rings. The van der Waals surface area contributed by atoms with Gasteiger partial charge in [0.05, 0.1) is 43.7 Å². The van der Waals surface area contributed by atoms with E-state index in [4.69, 9.17) is 10.5 Å². The summed E-state index contributed by atoms with van der Waals surface area (Å²) in [7, 11) is 5.64. The fourth-order valence-electron chi connectivity index (χ4n) is 8.78. The Morgan fingerprint density at radius 2 is 0.985 bits per heavy atom. The number of urea groups is 2. The van der Waals surface area contributed by atoms with Crippen LogP contribution in [0.3, 0.4) is 0 Å². The van der Waals surface area contributed by atoms with Gasteiger partial charge in [0.15, 0.2) is 5.78 Å². The summed E-state index contributed by atoms with van der Waals surface area (Å²) in [6.45, 7) is 11.7. The van der Waals surface area contributed by atoms with Gasteiger partial charge in [0.25, 0.3) is 0 Å². The minimum Gasteiger partial charge on any atom is -0.465 e. The lowest BCUT2D eigenvalue weighted by Gasteiger charge is -2.35. The molecule has 4 aliphatic heterocycles. The van der Waals surface area contributed by atoms with Crippen LogP contribution in [0.15, 0.2) is 85.2 Å². The van der Waals surface area contributed by atoms with Crippen molar-refractivity contribution in [2.75, 3.05) is 126 Å². The van der Waals surface area contributed by atoms with Gasteiger partial charge in [0, 0.05) is 119 Å². The van der Waals surface area contributed by atoms with Crippen molar-refractivity contribution in [3.8, 4) is 0 Å². The van der Waals surface area contributed by atoms with Gasteiger partial charge in [-0.05, 0) is 113 Å². The van der Waals surface area contributed by atoms with Crippen LogP contribution in [0, 0.1) is 0 Å². The van der Waals surface area contributed by atoms with Crippen molar-refractivity contribution >= 4 is 46.6 Å². The summed E-state index contributed by atoms with van der Waals surface area (Å²) in [5.74, 6) is -0.564. The van der Waals surface area contributed by atoms with E-state index >= 15 is 0 Å². The highest BCUT2D eigenvalue weighted by atomic mass is 16.5. The summed E-state index contributed by atoms with van der Waals surface area (Å²) in [6, 6.07) is 23.5. The molecule has 6 heterocycles. The Morgan fingerprint density at radius 3 is 1.36 bits per heavy atom. The molecule has 66 heavy (non-hydrogen) atoms. The number of carbonyl (C=O) groups excluding carboxylic acids is 4. The average Bonchev–Trinajstić information content (AvgIpc) is 3.38. The molecule has 0 unspecified atom stereocenters. The number of benzene rings is 2. The molecule has 4 aromatic rings. The van der Waals surface area contributed by atoms with Crippen molar-refractivity contribution < 1.29 is 23.9 Å². The SMILES string of the molecule is CN1CCN(c2cccc(N(Cc3ccc(C(=O)CN)cn3)C(=O)N3CCCCC3)c2)CC1.COC(=O)c1ccc(CN(C(=O)N2CCCCC2)c2cccc(N3CCN(C)CC3)c2)nc1. The molecule has 352 valence electrons. The van der Waals surface area contributed by atoms with Crippen molar-refractivity contribution in [3.05, 3.63) is 108 Å². The van der Waals surface area contributed by atoms with Crippen LogP contribution >= 0.6 is 0 Å². The molecule has 0 spiro atoms. The summed E-state index contributed by atoms with van der Waals surface area (Å²) in [5, 5.41) is 0. The molecule has 4 saturated heterocycles. The number of nitrogens with zero attached hydrogens (tertiary/aromatic N) is 10. The van der Waals surface area contributed by atoms with E-state index in [1.807, 2.05) is 49.9 Å². The number of anilines is 4. The average molecular weight is 902 g/mol. The zero-order chi connectivity index (χ0) is 46.4. The summed E-state index contributed by atoms with van der Waals surface area (Å²) < 4.78 is 4.76. The Hall–Kier alpha value is -6.10. The van der Waals surface area contributed by atoms with Gasteiger partial charge in [-0.25, -0.2) is 14.4 Å². The summed E-state index contributed by atoms with van der Waals surface area (Å²) >= 11 is 0. The Balaban J connectivity index is 0.000000196. The Bertz CT molecular complexity index is 2060. The number of amides is 4. The molecule has 8 rings (SSSR count). The molecule has 2 aromatic carbocycles. The molecule has 0 bridgehead atoms. The third-order valence-electron chi connectivity index (χ3n) is 13.0. The van der Waals surface area contributed by atoms with Crippen molar-refractivity contribution in [3.63, 3.8) is 0 Å². The second-order valence-corrected chi connectivity index (χ2v) is 17.6. The first-order valence-corrected chi connectivity index (χ1v) is 23.5. The maximum atomic E-state index is 13.6. The molecule has 16 heteroatoms. The van der Waals surface area contributed by atoms with Crippen LogP contribution in [-0.4, -0.2) is 160 Å². The number of piperidine rings is 2. The van der Waals surface area contributed by atoms with Crippen LogP contribution in [0.1, 0.15) is 70.6 Å². The molecule has 0 aliphatic carbocycles. The first-order chi connectivity index (χ1) is 32.1. The van der Waals surface area contributed by atoms with Crippen LogP contribution in [0.25, 0.3) is 0 Å². The van der Waals surface area contributed by atoms with Crippen LogP contribution in [0.5, 0.6) is 0 Å². The number of Topliss-reactive ketones (excluding diaryl/α,β-unsaturated/α-hetero) is 1. The second-order valence-electron chi connectivity index (χ2n) is 17.6. The van der Waals surface area contributed by atoms with Gasteiger partial charge in [-0.1, -0.05) is 12.1 Å². The number of ether oxygens (including phenoxy) is 1. The number of esters is 1. The fourth-order valence-corrected chi connectivity index (χ4v) is 8.78. The van der Waals surface area contributed by atoms with Crippen LogP contribution in [0.4, 0.5) is 32.3 Å². The number of piperazine rings is 2. The minimum atomic E-state index is -0.421. The standard InChI is InChI=1S/C25H34N6O2.C25H33N5O3/c1-28-12-14-29(15-13-28)22-6-5-7-23(16-22)31(25(33)30-10-3-2-4-11-30)19-21-9-8-20(18-27-21)24(32)17-26;1-27-13-15-28(16-14-27)22-7-6-8-23(17-22)30(25(32)29-11-4-3-5-12-29)19-21-10-9-20(18-26-21)24(31)33-2/h5-9,16,18H,2-4,10-15,17,19,26H2,1H3;6-10,17-18H,3-5,11-16,19H2,1-2H3. The summed E-state index contributed by atoms with van der Waals surface area (Å²) in [6.07, 6.45) is 9.53. The number of pyridine rings is 2. The normalized spacial score (nSPS) is 17.1. The molecule has 0 atom stereocenters. The molecule has 2 N–H and O–H groups in total. The minimum absolute atomic E-state index is 0.00377. The van der Waals surface area contributed by atoms with Crippen molar-refractivity contribution in [1.29, 1.82) is 0 Å². The highest BCUT2D eigenvalue weighted by Gasteiger charge is 2.28. The lowest BCUT2D eigenvalue weighted by atomic mass is 10.1. The molecule has 0 saturated carbocycles. The molecule has 2 aromatic heterocycles. The molecule has 0 radical (unpaired) electrons. The first kappa shape index (κ1) is 47.9. The second kappa shape index (κ2) is 23.4. The number of hydrogen-bond acceptors (Lipinski definition) is 12. The number of rotatable bonds is 11. The van der Waals surface area contributed by atoms with E-state index in [0.717, 1.165) is 138 Å². The van der Waals surface area contributed by atoms with E-state index in [2.05, 4.69) is 67.9 Å². The highest BCUT2D eigenvalue weighted by molar-refractivity contribution is 5.97. The van der Waals surface area contributed by atoms with Crippen molar-refractivity contribution in [1.82, 2.24) is 29.6 Å². The third kappa shape index (κ3) is 12.6. The highest BCUT2D eigenvalue weighted by Crippen LogP contribution is 2.29. The van der Waals surface area contributed by atoms with Gasteiger partial charge in [-0.2, -0.15) is 0 Å². The predicted octanol–water partition coefficient (Wildman–Crippen LogP) is 5.82. The monoisotopic (exact) mass is 902 g/mol. The van der Waals surface area contributed by atoms with Crippen LogP contribution in [-0.2, 0) is 17.8 Å². The van der Waals surface area contributed by atoms with Gasteiger partial charge in [-0.15, -0.1) is 0 Å². The smallest absolute Gasteiger partial charge is 0.339 e. The quantitative estimate of drug-likeness (QED) is 0.143. The molecular weight excluding hydrogens is 835 g/mol. The largest absolute Gasteiger partial charge is 0.465 e. The van der Waals surface area contributed by atoms with E-state index in [9.17, 15) is 19.2 Å². The number of aromatic nitrogens is 2. The molecule has 4 amide bonds. The van der Waals surface area contributed by atoms with E-state index in [1.54, 1.807) is 24.4 Å². The zero-order valence-corrected chi connectivity index (χ0v) is 39.0. The van der Waals surface area contributed by atoms with Gasteiger partial charge in [0.2, 0.25) is 0 Å². The van der Waals surface area contributed by atoms with Gasteiger partial charge in [-0.3, -0.25) is 24.6 Å². The molecule has 4 fully saturated rings. The first-order valence-electron chi connectivity index (χ1n) is 23.5. The number of methoxy groups -OCH3 is 1. The Labute approximate surface area is 389 Å². The van der Waals surface area contributed by atoms with Gasteiger partial charge >= 0.3 is 18.0 Å². The number of nitrogens with two attached hydrogens (primary N) is 1. The van der Waals surface area contributed by atoms with E-state index in [1.165, 1.54) is 26.1 Å². The summed E-state index contributed by atoms with van der Waals surface area (Å²) in [4.78, 5) is 76.6. The fraction of sp³-hybridized carbons (Fsp3) is 0.480.